The Labute approximate surface area is 180 Å². The molecule has 0 radical (unpaired) electrons. The molecule has 1 aliphatic heterocycles. The van der Waals surface area contributed by atoms with E-state index in [0.717, 1.165) is 11.6 Å². The summed E-state index contributed by atoms with van der Waals surface area (Å²) in [4.78, 5) is 0. The largest absolute Gasteiger partial charge is 0.375 e. The number of thiol groups is 1. The Hall–Kier alpha value is -1.59. The highest BCUT2D eigenvalue weighted by Gasteiger charge is 2.40. The van der Waals surface area contributed by atoms with Gasteiger partial charge in [-0.15, -0.1) is 0 Å². The number of halogens is 3. The molecule has 3 rings (SSSR count). The van der Waals surface area contributed by atoms with Gasteiger partial charge in [-0.05, 0) is 18.1 Å². The maximum atomic E-state index is 13.8. The van der Waals surface area contributed by atoms with Crippen LogP contribution in [-0.4, -0.2) is 48.5 Å². The highest BCUT2D eigenvalue weighted by atomic mass is 32.2. The van der Waals surface area contributed by atoms with Crippen LogP contribution < -0.4 is 0 Å². The lowest BCUT2D eigenvalue weighted by atomic mass is 10.2. The van der Waals surface area contributed by atoms with Crippen LogP contribution in [0, 0.1) is 17.5 Å². The van der Waals surface area contributed by atoms with Gasteiger partial charge in [0.2, 0.25) is 0 Å². The van der Waals surface area contributed by atoms with Gasteiger partial charge in [-0.2, -0.15) is 29.7 Å². The Kier molecular flexibility index (Phi) is 7.46. The summed E-state index contributed by atoms with van der Waals surface area (Å²) in [5.41, 5.74) is 0.719. The number of benzene rings is 2. The van der Waals surface area contributed by atoms with Crippen molar-refractivity contribution in [3.63, 3.8) is 0 Å². The second-order valence-corrected chi connectivity index (χ2v) is 9.95. The van der Waals surface area contributed by atoms with Gasteiger partial charge < -0.3 is 4.74 Å². The third-order valence-electron chi connectivity index (χ3n) is 4.94. The first-order valence-electron chi connectivity index (χ1n) is 9.34. The Morgan fingerprint density at radius 3 is 2.50 bits per heavy atom. The van der Waals surface area contributed by atoms with Gasteiger partial charge in [0.05, 0.1) is 19.3 Å². The van der Waals surface area contributed by atoms with E-state index in [1.54, 1.807) is 0 Å². The highest BCUT2D eigenvalue weighted by molar-refractivity contribution is 7.86. The molecule has 1 heterocycles. The number of ether oxygens (including phenoxy) is 1. The summed E-state index contributed by atoms with van der Waals surface area (Å²) in [6.07, 6.45) is 0.460. The van der Waals surface area contributed by atoms with Gasteiger partial charge in [-0.25, -0.2) is 13.2 Å². The topological polar surface area (TPSA) is 49.9 Å². The zero-order valence-electron chi connectivity index (χ0n) is 16.3. The first-order valence-corrected chi connectivity index (χ1v) is 11.3. The predicted octanol–water partition coefficient (Wildman–Crippen LogP) is 3.37. The first-order chi connectivity index (χ1) is 14.2. The SMILES string of the molecule is CN(Cc1ccccc1)S(=O)(=O)N1C[C@H](S)C[C@H]1COCc1cc(F)c(F)cc1F. The number of nitrogens with zero attached hydrogens (tertiary/aromatic N) is 2. The smallest absolute Gasteiger partial charge is 0.282 e. The third-order valence-corrected chi connectivity index (χ3v) is 7.27. The van der Waals surface area contributed by atoms with Crippen molar-refractivity contribution in [1.82, 2.24) is 8.61 Å². The van der Waals surface area contributed by atoms with Crippen molar-refractivity contribution in [2.24, 2.45) is 0 Å². The molecule has 0 amide bonds. The summed E-state index contributed by atoms with van der Waals surface area (Å²) in [6, 6.07) is 9.91. The summed E-state index contributed by atoms with van der Waals surface area (Å²) in [7, 11) is -2.28. The van der Waals surface area contributed by atoms with Crippen LogP contribution in [0.3, 0.4) is 0 Å². The van der Waals surface area contributed by atoms with E-state index in [2.05, 4.69) is 12.6 Å². The number of hydrogen-bond acceptors (Lipinski definition) is 4. The molecule has 2 atom stereocenters. The molecule has 0 aromatic heterocycles. The second kappa shape index (κ2) is 9.69. The van der Waals surface area contributed by atoms with Crippen molar-refractivity contribution >= 4 is 22.8 Å². The molecule has 1 fully saturated rings. The zero-order valence-corrected chi connectivity index (χ0v) is 18.1. The fourth-order valence-corrected chi connectivity index (χ4v) is 5.47. The monoisotopic (exact) mass is 460 g/mol. The van der Waals surface area contributed by atoms with Crippen LogP contribution in [-0.2, 0) is 28.1 Å². The summed E-state index contributed by atoms with van der Waals surface area (Å²) in [5, 5.41) is -0.168. The molecule has 0 bridgehead atoms. The molecule has 5 nitrogen and oxygen atoms in total. The van der Waals surface area contributed by atoms with Gasteiger partial charge in [0.1, 0.15) is 5.82 Å². The third kappa shape index (κ3) is 5.36. The maximum Gasteiger partial charge on any atom is 0.282 e. The minimum Gasteiger partial charge on any atom is -0.375 e. The molecule has 0 N–H and O–H groups in total. The van der Waals surface area contributed by atoms with E-state index in [0.29, 0.717) is 12.5 Å². The molecule has 30 heavy (non-hydrogen) atoms. The van der Waals surface area contributed by atoms with Crippen LogP contribution in [0.2, 0.25) is 0 Å². The molecule has 0 unspecified atom stereocenters. The van der Waals surface area contributed by atoms with E-state index in [1.165, 1.54) is 15.7 Å². The minimum absolute atomic E-state index is 0.0199. The highest BCUT2D eigenvalue weighted by Crippen LogP contribution is 2.27. The first kappa shape index (κ1) is 23.1. The van der Waals surface area contributed by atoms with Gasteiger partial charge >= 0.3 is 0 Å². The van der Waals surface area contributed by atoms with E-state index in [1.807, 2.05) is 30.3 Å². The molecule has 164 valence electrons. The van der Waals surface area contributed by atoms with E-state index in [-0.39, 0.29) is 37.1 Å². The van der Waals surface area contributed by atoms with Gasteiger partial charge in [-0.1, -0.05) is 30.3 Å². The Balaban J connectivity index is 1.65. The molecule has 0 aliphatic carbocycles. The van der Waals surface area contributed by atoms with Crippen molar-refractivity contribution in [3.05, 3.63) is 71.0 Å². The van der Waals surface area contributed by atoms with Gasteiger partial charge in [-0.3, -0.25) is 0 Å². The summed E-state index contributed by atoms with van der Waals surface area (Å²) < 4.78 is 74.3. The van der Waals surface area contributed by atoms with E-state index >= 15 is 0 Å². The average Bonchev–Trinajstić information content (AvgIpc) is 3.08. The fraction of sp³-hybridized carbons (Fsp3) is 0.400. The molecular weight excluding hydrogens is 437 g/mol. The van der Waals surface area contributed by atoms with Gasteiger partial charge in [0, 0.05) is 37.0 Å². The standard InChI is InChI=1S/C20H23F3N2O3S2/c1-24(10-14-5-3-2-4-6-14)30(26,27)25-11-17(29)8-16(25)13-28-12-15-7-19(22)20(23)9-18(15)21/h2-7,9,16-17,29H,8,10-13H2,1H3/t16-,17+/m0/s1. The summed E-state index contributed by atoms with van der Waals surface area (Å²) >= 11 is 4.41. The molecule has 2 aromatic rings. The maximum absolute atomic E-state index is 13.8. The Morgan fingerprint density at radius 1 is 1.13 bits per heavy atom. The molecule has 0 saturated carbocycles. The lowest BCUT2D eigenvalue weighted by Crippen LogP contribution is -2.45. The fourth-order valence-electron chi connectivity index (χ4n) is 3.38. The molecule has 1 aliphatic rings. The molecule has 10 heteroatoms. The van der Waals surface area contributed by atoms with Crippen LogP contribution >= 0.6 is 12.6 Å². The van der Waals surface area contributed by atoms with E-state index < -0.39 is 33.7 Å². The Bertz CT molecular complexity index is 977. The average molecular weight is 461 g/mol. The van der Waals surface area contributed by atoms with Crippen LogP contribution in [0.1, 0.15) is 17.5 Å². The number of rotatable bonds is 8. The zero-order chi connectivity index (χ0) is 21.9. The van der Waals surface area contributed by atoms with Crippen molar-refractivity contribution < 1.29 is 26.3 Å². The van der Waals surface area contributed by atoms with Crippen molar-refractivity contribution in [1.29, 1.82) is 0 Å². The molecule has 1 saturated heterocycles. The lowest BCUT2D eigenvalue weighted by Gasteiger charge is -2.28. The second-order valence-electron chi connectivity index (χ2n) is 7.24. The van der Waals surface area contributed by atoms with Crippen molar-refractivity contribution in [3.8, 4) is 0 Å². The normalized spacial score (nSPS) is 20.2. The lowest BCUT2D eigenvalue weighted by molar-refractivity contribution is 0.0839. The molecular formula is C20H23F3N2O3S2. The van der Waals surface area contributed by atoms with Crippen molar-refractivity contribution in [2.45, 2.75) is 30.9 Å². The van der Waals surface area contributed by atoms with E-state index in [4.69, 9.17) is 4.74 Å². The summed E-state index contributed by atoms with van der Waals surface area (Å²) in [5.74, 6) is -3.36. The predicted molar refractivity (Wildman–Crippen MR) is 111 cm³/mol. The Morgan fingerprint density at radius 2 is 1.80 bits per heavy atom. The van der Waals surface area contributed by atoms with Crippen LogP contribution in [0.5, 0.6) is 0 Å². The number of hydrogen-bond donors (Lipinski definition) is 1. The van der Waals surface area contributed by atoms with Crippen LogP contribution in [0.4, 0.5) is 13.2 Å². The van der Waals surface area contributed by atoms with Gasteiger partial charge in [0.15, 0.2) is 11.6 Å². The summed E-state index contributed by atoms with van der Waals surface area (Å²) in [6.45, 7) is 0.112. The minimum atomic E-state index is -3.78. The van der Waals surface area contributed by atoms with Crippen LogP contribution in [0.25, 0.3) is 0 Å². The van der Waals surface area contributed by atoms with Crippen molar-refractivity contribution in [2.75, 3.05) is 20.2 Å². The van der Waals surface area contributed by atoms with E-state index in [9.17, 15) is 21.6 Å². The van der Waals surface area contributed by atoms with Gasteiger partial charge in [0.25, 0.3) is 10.2 Å². The molecule has 0 spiro atoms. The van der Waals surface area contributed by atoms with Crippen LogP contribution in [0.15, 0.2) is 42.5 Å². The molecule has 2 aromatic carbocycles. The quantitative estimate of drug-likeness (QED) is 0.486.